The molecule has 112 valence electrons. The molecule has 1 N–H and O–H groups in total. The third-order valence-electron chi connectivity index (χ3n) is 3.79. The highest BCUT2D eigenvalue weighted by Crippen LogP contribution is 2.22. The van der Waals surface area contributed by atoms with Gasteiger partial charge in [-0.05, 0) is 44.7 Å². The van der Waals surface area contributed by atoms with Gasteiger partial charge >= 0.3 is 0 Å². The number of amides is 1. The minimum Gasteiger partial charge on any atom is -0.361 e. The second-order valence-electron chi connectivity index (χ2n) is 5.31. The molecule has 4 heteroatoms. The molecule has 2 rings (SSSR count). The fourth-order valence-electron chi connectivity index (χ4n) is 2.50. The zero-order valence-electron chi connectivity index (χ0n) is 13.1. The van der Waals surface area contributed by atoms with Crippen LogP contribution in [0.3, 0.4) is 0 Å². The van der Waals surface area contributed by atoms with E-state index in [0.717, 1.165) is 34.7 Å². The first kappa shape index (κ1) is 15.3. The van der Waals surface area contributed by atoms with Crippen LogP contribution in [0.25, 0.3) is 0 Å². The van der Waals surface area contributed by atoms with Crippen LogP contribution in [0.15, 0.2) is 22.7 Å². The van der Waals surface area contributed by atoms with Gasteiger partial charge in [-0.2, -0.15) is 0 Å². The Morgan fingerprint density at radius 1 is 1.29 bits per heavy atom. The molecule has 0 bridgehead atoms. The zero-order valence-corrected chi connectivity index (χ0v) is 13.1. The lowest BCUT2D eigenvalue weighted by Gasteiger charge is -2.12. The molecule has 0 atom stereocenters. The van der Waals surface area contributed by atoms with Crippen LogP contribution in [0.4, 0.5) is 5.69 Å². The molecule has 0 spiro atoms. The molecule has 1 aromatic carbocycles. The van der Waals surface area contributed by atoms with Crippen LogP contribution in [0.5, 0.6) is 0 Å². The Labute approximate surface area is 125 Å². The molecule has 1 amide bonds. The third kappa shape index (κ3) is 3.51. The van der Waals surface area contributed by atoms with Gasteiger partial charge in [-0.3, -0.25) is 4.79 Å². The van der Waals surface area contributed by atoms with Gasteiger partial charge in [0.1, 0.15) is 5.76 Å². The number of carbonyl (C=O) groups is 1. The number of aromatic nitrogens is 1. The van der Waals surface area contributed by atoms with Crippen molar-refractivity contribution in [2.24, 2.45) is 0 Å². The SMILES string of the molecule is CCc1cccc(C)c1NC(=O)CCc1c(C)noc1C. The number of carbonyl (C=O) groups excluding carboxylic acids is 1. The lowest BCUT2D eigenvalue weighted by molar-refractivity contribution is -0.116. The summed E-state index contributed by atoms with van der Waals surface area (Å²) in [6, 6.07) is 6.09. The second kappa shape index (κ2) is 6.57. The van der Waals surface area contributed by atoms with Crippen molar-refractivity contribution in [3.63, 3.8) is 0 Å². The van der Waals surface area contributed by atoms with E-state index >= 15 is 0 Å². The number of anilines is 1. The number of para-hydroxylation sites is 1. The zero-order chi connectivity index (χ0) is 15.4. The highest BCUT2D eigenvalue weighted by Gasteiger charge is 2.13. The molecule has 0 saturated heterocycles. The number of benzene rings is 1. The quantitative estimate of drug-likeness (QED) is 0.911. The average Bonchev–Trinajstić information content (AvgIpc) is 2.78. The van der Waals surface area contributed by atoms with Crippen LogP contribution >= 0.6 is 0 Å². The summed E-state index contributed by atoms with van der Waals surface area (Å²) in [6.45, 7) is 7.89. The lowest BCUT2D eigenvalue weighted by atomic mass is 10.0. The highest BCUT2D eigenvalue weighted by atomic mass is 16.5. The van der Waals surface area contributed by atoms with Crippen LogP contribution < -0.4 is 5.32 Å². The van der Waals surface area contributed by atoms with E-state index in [2.05, 4.69) is 23.5 Å². The summed E-state index contributed by atoms with van der Waals surface area (Å²) in [7, 11) is 0. The predicted molar refractivity (Wildman–Crippen MR) is 83.5 cm³/mol. The molecule has 0 aliphatic rings. The number of nitrogens with one attached hydrogen (secondary N) is 1. The van der Waals surface area contributed by atoms with Crippen molar-refractivity contribution in [3.05, 3.63) is 46.3 Å². The Bertz CT molecular complexity index is 625. The van der Waals surface area contributed by atoms with Gasteiger partial charge in [0.2, 0.25) is 5.91 Å². The predicted octanol–water partition coefficient (Wildman–Crippen LogP) is 3.73. The average molecular weight is 286 g/mol. The maximum absolute atomic E-state index is 12.2. The summed E-state index contributed by atoms with van der Waals surface area (Å²) in [4.78, 5) is 12.2. The van der Waals surface area contributed by atoms with Crippen LogP contribution in [0, 0.1) is 20.8 Å². The summed E-state index contributed by atoms with van der Waals surface area (Å²) < 4.78 is 5.12. The molecule has 0 aliphatic heterocycles. The molecular weight excluding hydrogens is 264 g/mol. The molecule has 2 aromatic rings. The minimum absolute atomic E-state index is 0.0269. The number of rotatable bonds is 5. The number of nitrogens with zero attached hydrogens (tertiary/aromatic N) is 1. The molecule has 0 saturated carbocycles. The lowest BCUT2D eigenvalue weighted by Crippen LogP contribution is -2.15. The first-order valence-corrected chi connectivity index (χ1v) is 7.33. The Kier molecular flexibility index (Phi) is 4.78. The van der Waals surface area contributed by atoms with Gasteiger partial charge in [-0.25, -0.2) is 0 Å². The van der Waals surface area contributed by atoms with Gasteiger partial charge in [-0.1, -0.05) is 30.3 Å². The van der Waals surface area contributed by atoms with Crippen molar-refractivity contribution in [3.8, 4) is 0 Å². The maximum Gasteiger partial charge on any atom is 0.224 e. The maximum atomic E-state index is 12.2. The van der Waals surface area contributed by atoms with Gasteiger partial charge in [0.15, 0.2) is 0 Å². The first-order chi connectivity index (χ1) is 10.0. The molecule has 1 heterocycles. The van der Waals surface area contributed by atoms with E-state index in [-0.39, 0.29) is 5.91 Å². The Hall–Kier alpha value is -2.10. The van der Waals surface area contributed by atoms with Crippen molar-refractivity contribution in [2.45, 2.75) is 47.0 Å². The summed E-state index contributed by atoms with van der Waals surface area (Å²) in [5.74, 6) is 0.824. The van der Waals surface area contributed by atoms with Crippen molar-refractivity contribution in [1.82, 2.24) is 5.16 Å². The summed E-state index contributed by atoms with van der Waals surface area (Å²) in [5.41, 5.74) is 5.11. The fraction of sp³-hybridized carbons (Fsp3) is 0.412. The number of hydrogen-bond donors (Lipinski definition) is 1. The molecule has 21 heavy (non-hydrogen) atoms. The van der Waals surface area contributed by atoms with Gasteiger partial charge in [0.05, 0.1) is 5.69 Å². The second-order valence-corrected chi connectivity index (χ2v) is 5.31. The van der Waals surface area contributed by atoms with Crippen LogP contribution in [0.2, 0.25) is 0 Å². The Morgan fingerprint density at radius 3 is 2.67 bits per heavy atom. The molecule has 0 radical (unpaired) electrons. The largest absolute Gasteiger partial charge is 0.361 e. The van der Waals surface area contributed by atoms with Crippen molar-refractivity contribution < 1.29 is 9.32 Å². The summed E-state index contributed by atoms with van der Waals surface area (Å²) in [5, 5.41) is 6.95. The number of aryl methyl sites for hydroxylation is 4. The van der Waals surface area contributed by atoms with Gasteiger partial charge < -0.3 is 9.84 Å². The normalized spacial score (nSPS) is 10.7. The van der Waals surface area contributed by atoms with E-state index in [1.165, 1.54) is 5.56 Å². The smallest absolute Gasteiger partial charge is 0.224 e. The molecule has 1 aromatic heterocycles. The van der Waals surface area contributed by atoms with E-state index in [1.807, 2.05) is 32.9 Å². The van der Waals surface area contributed by atoms with Crippen molar-refractivity contribution >= 4 is 11.6 Å². The van der Waals surface area contributed by atoms with Gasteiger partial charge in [-0.15, -0.1) is 0 Å². The van der Waals surface area contributed by atoms with E-state index in [1.54, 1.807) is 0 Å². The van der Waals surface area contributed by atoms with Crippen molar-refractivity contribution in [2.75, 3.05) is 5.32 Å². The molecule has 0 fully saturated rings. The van der Waals surface area contributed by atoms with E-state index in [0.29, 0.717) is 12.8 Å². The van der Waals surface area contributed by atoms with Crippen LogP contribution in [-0.2, 0) is 17.6 Å². The monoisotopic (exact) mass is 286 g/mol. The standard InChI is InChI=1S/C17H22N2O2/c1-5-14-8-6-7-11(2)17(14)18-16(20)10-9-15-12(3)19-21-13(15)4/h6-8H,5,9-10H2,1-4H3,(H,18,20). The van der Waals surface area contributed by atoms with E-state index in [9.17, 15) is 4.79 Å². The summed E-state index contributed by atoms with van der Waals surface area (Å²) in [6.07, 6.45) is 1.99. The van der Waals surface area contributed by atoms with Crippen LogP contribution in [-0.4, -0.2) is 11.1 Å². The Morgan fingerprint density at radius 2 is 2.05 bits per heavy atom. The molecule has 0 unspecified atom stereocenters. The highest BCUT2D eigenvalue weighted by molar-refractivity contribution is 5.92. The van der Waals surface area contributed by atoms with Gasteiger partial charge in [0.25, 0.3) is 0 Å². The first-order valence-electron chi connectivity index (χ1n) is 7.33. The van der Waals surface area contributed by atoms with Crippen LogP contribution in [0.1, 0.15) is 41.5 Å². The van der Waals surface area contributed by atoms with Crippen molar-refractivity contribution in [1.29, 1.82) is 0 Å². The van der Waals surface area contributed by atoms with E-state index in [4.69, 9.17) is 4.52 Å². The minimum atomic E-state index is 0.0269. The van der Waals surface area contributed by atoms with Gasteiger partial charge in [0, 0.05) is 17.7 Å². The van der Waals surface area contributed by atoms with E-state index < -0.39 is 0 Å². The topological polar surface area (TPSA) is 55.1 Å². The summed E-state index contributed by atoms with van der Waals surface area (Å²) >= 11 is 0. The molecule has 4 nitrogen and oxygen atoms in total. The fourth-order valence-corrected chi connectivity index (χ4v) is 2.50. The molecular formula is C17H22N2O2. The molecule has 0 aliphatic carbocycles. The third-order valence-corrected chi connectivity index (χ3v) is 3.79. The number of hydrogen-bond acceptors (Lipinski definition) is 3. The Balaban J connectivity index is 2.03.